The second-order valence-corrected chi connectivity index (χ2v) is 5.83. The quantitative estimate of drug-likeness (QED) is 0.694. The molecule has 0 saturated heterocycles. The maximum atomic E-state index is 12.8. The van der Waals surface area contributed by atoms with Gasteiger partial charge in [0.05, 0.1) is 12.2 Å². The van der Waals surface area contributed by atoms with Gasteiger partial charge in [-0.1, -0.05) is 11.3 Å². The summed E-state index contributed by atoms with van der Waals surface area (Å²) in [5, 5.41) is 12.2. The van der Waals surface area contributed by atoms with Crippen LogP contribution in [0.3, 0.4) is 0 Å². The lowest BCUT2D eigenvalue weighted by Gasteiger charge is -2.05. The monoisotopic (exact) mass is 385 g/mol. The molecule has 3 rings (SSSR count). The summed E-state index contributed by atoms with van der Waals surface area (Å²) in [6.07, 6.45) is -4.73. The predicted octanol–water partition coefficient (Wildman–Crippen LogP) is 2.63. The van der Waals surface area contributed by atoms with Crippen LogP contribution in [0.2, 0.25) is 0 Å². The fourth-order valence-corrected chi connectivity index (χ4v) is 2.71. The summed E-state index contributed by atoms with van der Waals surface area (Å²) in [6, 6.07) is 5.83. The van der Waals surface area contributed by atoms with Crippen LogP contribution in [0.4, 0.5) is 18.9 Å². The minimum atomic E-state index is -4.73. The Balaban J connectivity index is 1.77. The number of rotatable bonds is 4. The van der Waals surface area contributed by atoms with Gasteiger partial charge in [0.1, 0.15) is 0 Å². The molecule has 0 atom stereocenters. The van der Waals surface area contributed by atoms with Crippen molar-refractivity contribution in [3.8, 4) is 0 Å². The summed E-state index contributed by atoms with van der Waals surface area (Å²) in [7, 11) is 0. The number of halogens is 3. The van der Waals surface area contributed by atoms with E-state index in [4.69, 9.17) is 4.74 Å². The summed E-state index contributed by atoms with van der Waals surface area (Å²) >= 11 is 0.668. The number of carbonyl (C=O) groups is 2. The number of carbonyl (C=O) groups excluding carboxylic acids is 2. The van der Waals surface area contributed by atoms with E-state index in [0.717, 1.165) is 0 Å². The van der Waals surface area contributed by atoms with Crippen molar-refractivity contribution in [3.05, 3.63) is 40.7 Å². The maximum Gasteiger partial charge on any atom is 0.453 e. The van der Waals surface area contributed by atoms with Crippen LogP contribution in [0.5, 0.6) is 0 Å². The zero-order valence-electron chi connectivity index (χ0n) is 13.1. The molecule has 12 heteroatoms. The third-order valence-electron chi connectivity index (χ3n) is 3.09. The number of aromatic nitrogens is 4. The van der Waals surface area contributed by atoms with Crippen LogP contribution in [0.1, 0.15) is 32.9 Å². The number of nitrogens with zero attached hydrogens (tertiary/aromatic N) is 4. The molecule has 2 heterocycles. The van der Waals surface area contributed by atoms with Gasteiger partial charge in [0.2, 0.25) is 9.97 Å². The molecular weight excluding hydrogens is 375 g/mol. The van der Waals surface area contributed by atoms with E-state index in [1.54, 1.807) is 6.92 Å². The van der Waals surface area contributed by atoms with Crippen LogP contribution in [-0.2, 0) is 10.9 Å². The highest BCUT2D eigenvalue weighted by atomic mass is 32.1. The van der Waals surface area contributed by atoms with Gasteiger partial charge in [-0.15, -0.1) is 15.3 Å². The molecule has 0 spiro atoms. The smallest absolute Gasteiger partial charge is 0.453 e. The van der Waals surface area contributed by atoms with Crippen molar-refractivity contribution in [1.29, 1.82) is 0 Å². The average molecular weight is 385 g/mol. The largest absolute Gasteiger partial charge is 0.462 e. The molecule has 3 aromatic rings. The van der Waals surface area contributed by atoms with Crippen molar-refractivity contribution in [2.75, 3.05) is 11.9 Å². The maximum absolute atomic E-state index is 12.8. The molecule has 0 unspecified atom stereocenters. The van der Waals surface area contributed by atoms with Crippen LogP contribution in [0.25, 0.3) is 4.96 Å². The van der Waals surface area contributed by atoms with Crippen molar-refractivity contribution in [3.63, 3.8) is 0 Å². The molecule has 136 valence electrons. The predicted molar refractivity (Wildman–Crippen MR) is 84.0 cm³/mol. The summed E-state index contributed by atoms with van der Waals surface area (Å²) in [5.74, 6) is -2.52. The number of esters is 1. The van der Waals surface area contributed by atoms with Gasteiger partial charge in [-0.3, -0.25) is 4.79 Å². The first-order valence-electron chi connectivity index (χ1n) is 7.17. The molecule has 0 saturated carbocycles. The van der Waals surface area contributed by atoms with Crippen LogP contribution in [-0.4, -0.2) is 38.3 Å². The molecule has 2 aromatic heterocycles. The van der Waals surface area contributed by atoms with Gasteiger partial charge in [0.15, 0.2) is 0 Å². The Morgan fingerprint density at radius 1 is 1.23 bits per heavy atom. The van der Waals surface area contributed by atoms with E-state index in [2.05, 4.69) is 20.6 Å². The number of hydrogen-bond donors (Lipinski definition) is 1. The van der Waals surface area contributed by atoms with E-state index < -0.39 is 23.9 Å². The molecule has 0 aliphatic rings. The van der Waals surface area contributed by atoms with Gasteiger partial charge in [0.25, 0.3) is 11.7 Å². The third-order valence-corrected chi connectivity index (χ3v) is 3.99. The summed E-state index contributed by atoms with van der Waals surface area (Å²) in [5.41, 5.74) is 0.642. The number of hydrogen-bond acceptors (Lipinski definition) is 7. The number of anilines is 1. The lowest BCUT2D eigenvalue weighted by atomic mass is 10.2. The van der Waals surface area contributed by atoms with Crippen molar-refractivity contribution < 1.29 is 27.5 Å². The molecule has 1 N–H and O–H groups in total. The highest BCUT2D eigenvalue weighted by Gasteiger charge is 2.38. The molecule has 0 bridgehead atoms. The fraction of sp³-hybridized carbons (Fsp3) is 0.214. The number of alkyl halides is 3. The number of ether oxygens (including phenoxy) is 1. The lowest BCUT2D eigenvalue weighted by Crippen LogP contribution is -2.15. The molecule has 26 heavy (non-hydrogen) atoms. The molecule has 1 amide bonds. The van der Waals surface area contributed by atoms with Crippen molar-refractivity contribution in [1.82, 2.24) is 19.8 Å². The molecule has 0 radical (unpaired) electrons. The first-order chi connectivity index (χ1) is 12.3. The zero-order valence-corrected chi connectivity index (χ0v) is 13.9. The Bertz CT molecular complexity index is 965. The molecule has 0 aliphatic heterocycles. The zero-order chi connectivity index (χ0) is 18.9. The van der Waals surface area contributed by atoms with E-state index in [1.807, 2.05) is 0 Å². The van der Waals surface area contributed by atoms with Gasteiger partial charge in [0, 0.05) is 5.69 Å². The van der Waals surface area contributed by atoms with Crippen LogP contribution < -0.4 is 5.32 Å². The topological polar surface area (TPSA) is 98.5 Å². The first-order valence-corrected chi connectivity index (χ1v) is 7.99. The second kappa shape index (κ2) is 6.71. The van der Waals surface area contributed by atoms with E-state index in [1.165, 1.54) is 24.3 Å². The van der Waals surface area contributed by atoms with Gasteiger partial charge in [-0.05, 0) is 31.2 Å². The second-order valence-electron chi connectivity index (χ2n) is 4.87. The molecular formula is C14H10F3N5O3S. The highest BCUT2D eigenvalue weighted by molar-refractivity contribution is 7.18. The van der Waals surface area contributed by atoms with Crippen LogP contribution in [0.15, 0.2) is 24.3 Å². The average Bonchev–Trinajstić information content (AvgIpc) is 3.15. The first kappa shape index (κ1) is 17.8. The number of nitrogens with one attached hydrogen (secondary N) is 1. The molecule has 0 fully saturated rings. The Kier molecular flexibility index (Phi) is 4.59. The van der Waals surface area contributed by atoms with Crippen molar-refractivity contribution >= 4 is 33.9 Å². The number of amides is 1. The molecule has 0 aliphatic carbocycles. The number of fused-ring (bicyclic) bond motifs is 1. The highest BCUT2D eigenvalue weighted by Crippen LogP contribution is 2.29. The van der Waals surface area contributed by atoms with Gasteiger partial charge < -0.3 is 10.1 Å². The Morgan fingerprint density at radius 3 is 2.54 bits per heavy atom. The van der Waals surface area contributed by atoms with Gasteiger partial charge >= 0.3 is 12.1 Å². The number of benzene rings is 1. The summed E-state index contributed by atoms with van der Waals surface area (Å²) in [4.78, 5) is 23.6. The van der Waals surface area contributed by atoms with E-state index in [0.29, 0.717) is 27.1 Å². The van der Waals surface area contributed by atoms with Gasteiger partial charge in [-0.2, -0.15) is 17.7 Å². The Labute approximate surface area is 147 Å². The third kappa shape index (κ3) is 3.49. The van der Waals surface area contributed by atoms with Crippen LogP contribution >= 0.6 is 11.3 Å². The SMILES string of the molecule is CCOC(=O)c1ccc(NC(=O)c2nn3c(C(F)(F)F)nnc3s2)cc1. The summed E-state index contributed by atoms with van der Waals surface area (Å²) < 4.78 is 43.6. The minimum Gasteiger partial charge on any atom is -0.462 e. The lowest BCUT2D eigenvalue weighted by molar-refractivity contribution is -0.146. The van der Waals surface area contributed by atoms with Crippen molar-refractivity contribution in [2.45, 2.75) is 13.1 Å². The molecule has 1 aromatic carbocycles. The van der Waals surface area contributed by atoms with E-state index >= 15 is 0 Å². The Morgan fingerprint density at radius 2 is 1.92 bits per heavy atom. The fourth-order valence-electron chi connectivity index (χ4n) is 1.97. The van der Waals surface area contributed by atoms with Crippen LogP contribution in [0, 0.1) is 0 Å². The minimum absolute atomic E-state index is 0.153. The van der Waals surface area contributed by atoms with E-state index in [-0.39, 0.29) is 16.6 Å². The summed E-state index contributed by atoms with van der Waals surface area (Å²) in [6.45, 7) is 1.91. The van der Waals surface area contributed by atoms with Crippen molar-refractivity contribution in [2.24, 2.45) is 0 Å². The normalized spacial score (nSPS) is 11.5. The molecule has 8 nitrogen and oxygen atoms in total. The Hall–Kier alpha value is -3.02. The van der Waals surface area contributed by atoms with E-state index in [9.17, 15) is 22.8 Å². The van der Waals surface area contributed by atoms with Gasteiger partial charge in [-0.25, -0.2) is 4.79 Å². The standard InChI is InChI=1S/C14H10F3N5O3S/c1-2-25-11(24)7-3-5-8(6-4-7)18-9(23)10-21-22-12(14(15,16)17)19-20-13(22)26-10/h3-6H,2H2,1H3,(H,18,23).